The molecule has 0 radical (unpaired) electrons. The summed E-state index contributed by atoms with van der Waals surface area (Å²) in [6.45, 7) is 5.09. The van der Waals surface area contributed by atoms with Crippen molar-refractivity contribution in [3.8, 4) is 0 Å². The smallest absolute Gasteiger partial charge is 0.0312 e. The molecule has 0 N–H and O–H groups in total. The lowest BCUT2D eigenvalue weighted by molar-refractivity contribution is 0.0239. The van der Waals surface area contributed by atoms with Gasteiger partial charge in [0.1, 0.15) is 0 Å². The summed E-state index contributed by atoms with van der Waals surface area (Å²) in [5, 5.41) is 0. The molecule has 6 rings (SSSR count). The first-order valence-corrected chi connectivity index (χ1v) is 5.82. The van der Waals surface area contributed by atoms with Crippen molar-refractivity contribution >= 4 is 0 Å². The van der Waals surface area contributed by atoms with E-state index >= 15 is 0 Å². The molecule has 64 valence electrons. The van der Waals surface area contributed by atoms with Gasteiger partial charge in [-0.15, -0.1) is 0 Å². The fourth-order valence-corrected chi connectivity index (χ4v) is 6.47. The maximum Gasteiger partial charge on any atom is -0.0312 e. The van der Waals surface area contributed by atoms with Crippen LogP contribution in [0.5, 0.6) is 0 Å². The third kappa shape index (κ3) is 0.300. The molecule has 2 bridgehead atoms. The van der Waals surface area contributed by atoms with Crippen LogP contribution in [0.15, 0.2) is 0 Å². The molecule has 6 saturated carbocycles. The van der Waals surface area contributed by atoms with Crippen LogP contribution in [0.2, 0.25) is 0 Å². The van der Waals surface area contributed by atoms with Gasteiger partial charge in [-0.25, -0.2) is 0 Å². The van der Waals surface area contributed by atoms with Crippen LogP contribution in [0.4, 0.5) is 0 Å². The van der Waals surface area contributed by atoms with Crippen molar-refractivity contribution < 1.29 is 0 Å². The summed E-state index contributed by atoms with van der Waals surface area (Å²) in [6.07, 6.45) is 0. The summed E-state index contributed by atoms with van der Waals surface area (Å²) in [6, 6.07) is 0. The third-order valence-electron chi connectivity index (χ3n) is 6.65. The van der Waals surface area contributed by atoms with Crippen molar-refractivity contribution in [3.63, 3.8) is 0 Å². The lowest BCUT2D eigenvalue weighted by Gasteiger charge is -2.45. The van der Waals surface area contributed by atoms with E-state index in [-0.39, 0.29) is 0 Å². The van der Waals surface area contributed by atoms with Crippen LogP contribution < -0.4 is 0 Å². The van der Waals surface area contributed by atoms with Gasteiger partial charge in [-0.2, -0.15) is 0 Å². The molecule has 0 heteroatoms. The highest BCUT2D eigenvalue weighted by atomic mass is 14.9. The summed E-state index contributed by atoms with van der Waals surface area (Å²) < 4.78 is 0. The molecule has 0 aromatic heterocycles. The molecule has 6 fully saturated rings. The van der Waals surface area contributed by atoms with Gasteiger partial charge in [0.25, 0.3) is 0 Å². The maximum atomic E-state index is 2.55. The average molecular weight is 160 g/mol. The van der Waals surface area contributed by atoms with Crippen molar-refractivity contribution in [2.45, 2.75) is 13.8 Å². The summed E-state index contributed by atoms with van der Waals surface area (Å²) in [5.41, 5.74) is 0. The molecule has 0 aromatic rings. The molecule has 4 unspecified atom stereocenters. The molecule has 0 aromatic carbocycles. The van der Waals surface area contributed by atoms with Crippen LogP contribution in [0.25, 0.3) is 0 Å². The molecule has 0 heterocycles. The highest BCUT2D eigenvalue weighted by Gasteiger charge is 2.89. The Bertz CT molecular complexity index is 244. The summed E-state index contributed by atoms with van der Waals surface area (Å²) in [4.78, 5) is 0. The van der Waals surface area contributed by atoms with Gasteiger partial charge >= 0.3 is 0 Å². The third-order valence-corrected chi connectivity index (χ3v) is 6.65. The second-order valence-corrected chi connectivity index (χ2v) is 6.34. The zero-order valence-electron chi connectivity index (χ0n) is 7.77. The van der Waals surface area contributed by atoms with E-state index in [0.29, 0.717) is 0 Å². The van der Waals surface area contributed by atoms with Crippen LogP contribution in [-0.2, 0) is 0 Å². The van der Waals surface area contributed by atoms with Crippen molar-refractivity contribution in [2.24, 2.45) is 59.2 Å². The van der Waals surface area contributed by atoms with E-state index in [1.54, 1.807) is 0 Å². The van der Waals surface area contributed by atoms with Crippen LogP contribution >= 0.6 is 0 Å². The highest BCUT2D eigenvalue weighted by Crippen LogP contribution is 2.93. The van der Waals surface area contributed by atoms with E-state index in [1.807, 2.05) is 0 Å². The van der Waals surface area contributed by atoms with Gasteiger partial charge in [0.05, 0.1) is 0 Å². The largest absolute Gasteiger partial charge is 0.0620 e. The van der Waals surface area contributed by atoms with Gasteiger partial charge < -0.3 is 0 Å². The van der Waals surface area contributed by atoms with Gasteiger partial charge in [0, 0.05) is 0 Å². The number of hydrogen-bond donors (Lipinski definition) is 0. The van der Waals surface area contributed by atoms with E-state index in [0.717, 1.165) is 11.8 Å². The van der Waals surface area contributed by atoms with E-state index in [4.69, 9.17) is 0 Å². The van der Waals surface area contributed by atoms with Crippen LogP contribution in [0.3, 0.4) is 0 Å². The molecule has 0 spiro atoms. The zero-order valence-corrected chi connectivity index (χ0v) is 7.77. The number of hydrogen-bond acceptors (Lipinski definition) is 0. The normalized spacial score (nSPS) is 90.5. The first-order chi connectivity index (χ1) is 5.82. The highest BCUT2D eigenvalue weighted by molar-refractivity contribution is 5.36. The Morgan fingerprint density at radius 3 is 1.00 bits per heavy atom. The molecule has 0 nitrogen and oxygen atoms in total. The SMILES string of the molecule is C[C@@H]1C2[C@H]3C4C5[C@H](C([C@H]43)[C@@H]1C)[C@@H]52. The minimum atomic E-state index is 1.09. The van der Waals surface area contributed by atoms with Crippen LogP contribution in [0, 0.1) is 59.2 Å². The van der Waals surface area contributed by atoms with Crippen molar-refractivity contribution in [1.82, 2.24) is 0 Å². The lowest BCUT2D eigenvalue weighted by atomic mass is 9.60. The van der Waals surface area contributed by atoms with Gasteiger partial charge in [-0.3, -0.25) is 0 Å². The Morgan fingerprint density at radius 2 is 0.667 bits per heavy atom. The van der Waals surface area contributed by atoms with Crippen molar-refractivity contribution in [1.29, 1.82) is 0 Å². The lowest BCUT2D eigenvalue weighted by Crippen LogP contribution is -2.41. The Morgan fingerprint density at radius 1 is 0.417 bits per heavy atom. The summed E-state index contributed by atoms with van der Waals surface area (Å²) in [5.74, 6) is 12.2. The van der Waals surface area contributed by atoms with Gasteiger partial charge in [0.2, 0.25) is 0 Å². The minimum Gasteiger partial charge on any atom is -0.0620 e. The summed E-state index contributed by atoms with van der Waals surface area (Å²) >= 11 is 0. The van der Waals surface area contributed by atoms with E-state index in [9.17, 15) is 0 Å². The van der Waals surface area contributed by atoms with Crippen LogP contribution in [0.1, 0.15) is 13.8 Å². The molecule has 0 saturated heterocycles. The quantitative estimate of drug-likeness (QED) is 0.510. The molecule has 6 aliphatic carbocycles. The molecule has 12 heavy (non-hydrogen) atoms. The molecule has 10 atom stereocenters. The minimum absolute atomic E-state index is 1.09. The molecular formula is C12H16. The van der Waals surface area contributed by atoms with E-state index in [1.165, 1.54) is 47.3 Å². The Labute approximate surface area is 73.7 Å². The van der Waals surface area contributed by atoms with Crippen molar-refractivity contribution in [2.75, 3.05) is 0 Å². The first-order valence-electron chi connectivity index (χ1n) is 5.82. The Hall–Kier alpha value is 0. The molecule has 0 aliphatic heterocycles. The summed E-state index contributed by atoms with van der Waals surface area (Å²) in [7, 11) is 0. The van der Waals surface area contributed by atoms with Gasteiger partial charge in [-0.1, -0.05) is 13.8 Å². The fraction of sp³-hybridized carbons (Fsp3) is 1.00. The Kier molecular flexibility index (Phi) is 0.578. The maximum absolute atomic E-state index is 2.55. The zero-order chi connectivity index (χ0) is 7.77. The molecule has 0 amide bonds. The molecular weight excluding hydrogens is 144 g/mol. The van der Waals surface area contributed by atoms with Crippen molar-refractivity contribution in [3.05, 3.63) is 0 Å². The van der Waals surface area contributed by atoms with Crippen LogP contribution in [-0.4, -0.2) is 0 Å². The topological polar surface area (TPSA) is 0 Å². The van der Waals surface area contributed by atoms with E-state index in [2.05, 4.69) is 13.8 Å². The number of fused-ring (bicyclic) bond motifs is 1. The average Bonchev–Trinajstić information content (AvgIpc) is 2.88. The monoisotopic (exact) mass is 160 g/mol. The van der Waals surface area contributed by atoms with Gasteiger partial charge in [0.15, 0.2) is 0 Å². The first kappa shape index (κ1) is 5.67. The predicted octanol–water partition coefficient (Wildman–Crippen LogP) is 2.26. The Balaban J connectivity index is 1.79. The second-order valence-electron chi connectivity index (χ2n) is 6.34. The predicted molar refractivity (Wildman–Crippen MR) is 46.2 cm³/mol. The molecule has 6 aliphatic rings. The van der Waals surface area contributed by atoms with Gasteiger partial charge in [-0.05, 0) is 59.2 Å². The number of rotatable bonds is 0. The standard InChI is InChI=1S/C12H16/c1-3-4(2)6-9-7-5(3)8-10(6)12(8)11(7)9/h3-12H,1-2H3/t3-,4+,5?,6?,7-,8+,9+,10-,11?,12?. The van der Waals surface area contributed by atoms with E-state index < -0.39 is 0 Å². The second kappa shape index (κ2) is 1.22. The fourth-order valence-electron chi connectivity index (χ4n) is 6.47.